The Kier molecular flexibility index (Phi) is 16.5. The first-order valence-electron chi connectivity index (χ1n) is 7.30. The largest absolute Gasteiger partial charge is 1.00 e. The Hall–Kier alpha value is 1.97. The second kappa shape index (κ2) is 14.6. The van der Waals surface area contributed by atoms with Crippen LogP contribution in [0, 0.1) is 0 Å². The van der Waals surface area contributed by atoms with E-state index < -0.39 is 54.2 Å². The molecule has 3 unspecified atom stereocenters. The molecule has 23 heteroatoms. The molecule has 0 saturated carbocycles. The molecule has 1 aliphatic rings. The summed E-state index contributed by atoms with van der Waals surface area (Å²) in [5.74, 6) is 5.05. The Morgan fingerprint density at radius 1 is 1.19 bits per heavy atom. The van der Waals surface area contributed by atoms with Gasteiger partial charge in [-0.1, -0.05) is 0 Å². The zero-order valence-corrected chi connectivity index (χ0v) is 25.7. The molecule has 0 bridgehead atoms. The standard InChI is InChI=1S/C9H17N4O13P3.3Na/c10-7-1-2-13(9(14)12-7)8-3-5(24-11)6(23-8)4-22-28(18,19)26-29(20,21)25-27(15,16)17;;;/h1-2,5-6,8H,3-4,11H2,(H,18,19)(H,20,21)(H2,10,12,14)(H2,15,16,17);;;/q;3*+1/p-3/t5-,6+,8+;;;/m0.../s1. The van der Waals surface area contributed by atoms with Crippen LogP contribution in [0.25, 0.3) is 0 Å². The van der Waals surface area contributed by atoms with Gasteiger partial charge in [0.1, 0.15) is 24.3 Å². The molecule has 5 N–H and O–H groups in total. The van der Waals surface area contributed by atoms with Crippen molar-refractivity contribution in [2.45, 2.75) is 24.9 Å². The van der Waals surface area contributed by atoms with E-state index in [-0.39, 0.29) is 101 Å². The van der Waals surface area contributed by atoms with Gasteiger partial charge in [0.25, 0.3) is 23.5 Å². The number of nitrogens with two attached hydrogens (primary N) is 2. The van der Waals surface area contributed by atoms with Crippen molar-refractivity contribution < 1.29 is 145 Å². The van der Waals surface area contributed by atoms with Gasteiger partial charge in [-0.15, -0.1) is 0 Å². The molecule has 0 aliphatic carbocycles. The van der Waals surface area contributed by atoms with Gasteiger partial charge in [0.2, 0.25) is 0 Å². The molecule has 1 saturated heterocycles. The van der Waals surface area contributed by atoms with Crippen molar-refractivity contribution in [1.29, 1.82) is 0 Å². The minimum Gasteiger partial charge on any atom is -0.756 e. The summed E-state index contributed by atoms with van der Waals surface area (Å²) < 4.78 is 50.4. The van der Waals surface area contributed by atoms with Crippen LogP contribution >= 0.6 is 23.5 Å². The quantitative estimate of drug-likeness (QED) is 0.147. The second-order valence-corrected chi connectivity index (χ2v) is 9.69. The van der Waals surface area contributed by atoms with E-state index in [4.69, 9.17) is 21.3 Å². The predicted octanol–water partition coefficient (Wildman–Crippen LogP) is -12.2. The van der Waals surface area contributed by atoms with Gasteiger partial charge >= 0.3 is 94.4 Å². The summed E-state index contributed by atoms with van der Waals surface area (Å²) in [6.07, 6.45) is -2.02. The number of nitrogen functional groups attached to an aromatic ring is 1. The Labute approximate surface area is 246 Å². The van der Waals surface area contributed by atoms with Crippen molar-refractivity contribution in [3.63, 3.8) is 0 Å². The first kappa shape index (κ1) is 36.1. The van der Waals surface area contributed by atoms with Crippen LogP contribution in [0.15, 0.2) is 17.1 Å². The van der Waals surface area contributed by atoms with E-state index >= 15 is 0 Å². The number of phosphoric acid groups is 3. The van der Waals surface area contributed by atoms with E-state index in [0.29, 0.717) is 0 Å². The van der Waals surface area contributed by atoms with E-state index in [0.717, 1.165) is 4.57 Å². The molecular weight excluding hydrogens is 534 g/mol. The third-order valence-electron chi connectivity index (χ3n) is 3.32. The molecule has 0 radical (unpaired) electrons. The Balaban J connectivity index is 0. The van der Waals surface area contributed by atoms with Crippen molar-refractivity contribution in [2.75, 3.05) is 12.3 Å². The average Bonchev–Trinajstić information content (AvgIpc) is 2.92. The van der Waals surface area contributed by atoms with Gasteiger partial charge in [0, 0.05) is 12.6 Å². The normalized spacial score (nSPS) is 25.7. The Bertz CT molecular complexity index is 947. The van der Waals surface area contributed by atoms with E-state index in [9.17, 15) is 33.2 Å². The SMILES string of the molecule is NO[C@H]1C[C@H](n2ccc(N)nc2=O)O[C@@H]1COP(=O)([O-])OP(=O)([O-])OP(=O)([O-])O.[Na+].[Na+].[Na+]. The number of hydrogen-bond donors (Lipinski definition) is 3. The maximum absolute atomic E-state index is 11.8. The summed E-state index contributed by atoms with van der Waals surface area (Å²) in [6.45, 7) is -0.898. The molecule has 17 nitrogen and oxygen atoms in total. The number of hydrogen-bond acceptors (Lipinski definition) is 15. The van der Waals surface area contributed by atoms with Gasteiger partial charge in [0.05, 0.1) is 6.61 Å². The molecule has 0 spiro atoms. The van der Waals surface area contributed by atoms with E-state index in [1.807, 2.05) is 0 Å². The molecule has 1 fully saturated rings. The van der Waals surface area contributed by atoms with Gasteiger partial charge in [-0.2, -0.15) is 4.98 Å². The van der Waals surface area contributed by atoms with Crippen LogP contribution in [0.5, 0.6) is 0 Å². The van der Waals surface area contributed by atoms with Crippen molar-refractivity contribution >= 4 is 29.3 Å². The fourth-order valence-corrected chi connectivity index (χ4v) is 5.16. The van der Waals surface area contributed by atoms with Gasteiger partial charge in [-0.3, -0.25) is 23.1 Å². The minimum absolute atomic E-state index is 0. The molecule has 6 atom stereocenters. The summed E-state index contributed by atoms with van der Waals surface area (Å²) in [6, 6.07) is 1.30. The smallest absolute Gasteiger partial charge is 0.756 e. The van der Waals surface area contributed by atoms with Crippen LogP contribution in [0.2, 0.25) is 0 Å². The molecular formula is C9H14N4Na3O13P3. The third-order valence-corrected chi connectivity index (χ3v) is 7.01. The van der Waals surface area contributed by atoms with Gasteiger partial charge < -0.3 is 34.6 Å². The molecule has 0 amide bonds. The fourth-order valence-electron chi connectivity index (χ4n) is 2.26. The van der Waals surface area contributed by atoms with Gasteiger partial charge in [-0.05, 0) is 6.07 Å². The zero-order chi connectivity index (χ0) is 22.0. The topological polar surface area (TPSA) is 274 Å². The Morgan fingerprint density at radius 2 is 1.78 bits per heavy atom. The first-order valence-corrected chi connectivity index (χ1v) is 11.7. The van der Waals surface area contributed by atoms with Crippen LogP contribution in [-0.4, -0.2) is 33.3 Å². The van der Waals surface area contributed by atoms with E-state index in [1.54, 1.807) is 0 Å². The molecule has 2 heterocycles. The van der Waals surface area contributed by atoms with Crippen molar-refractivity contribution in [3.05, 3.63) is 22.7 Å². The number of aromatic nitrogens is 2. The summed E-state index contributed by atoms with van der Waals surface area (Å²) in [7, 11) is -17.6. The van der Waals surface area contributed by atoms with Crippen molar-refractivity contribution in [1.82, 2.24) is 9.55 Å². The fraction of sp³-hybridized carbons (Fsp3) is 0.556. The predicted molar refractivity (Wildman–Crippen MR) is 83.7 cm³/mol. The first-order chi connectivity index (χ1) is 13.2. The zero-order valence-electron chi connectivity index (χ0n) is 17.0. The van der Waals surface area contributed by atoms with Crippen LogP contribution in [0.4, 0.5) is 5.82 Å². The maximum atomic E-state index is 11.8. The number of rotatable bonds is 9. The summed E-state index contributed by atoms with van der Waals surface area (Å²) in [4.78, 5) is 61.4. The average molecular weight is 548 g/mol. The number of phosphoric ester groups is 1. The van der Waals surface area contributed by atoms with Crippen LogP contribution in [0.1, 0.15) is 12.6 Å². The number of anilines is 1. The van der Waals surface area contributed by atoms with Crippen molar-refractivity contribution in [2.24, 2.45) is 5.90 Å². The second-order valence-electron chi connectivity index (χ2n) is 5.40. The summed E-state index contributed by atoms with van der Waals surface area (Å²) in [5, 5.41) is 0. The van der Waals surface area contributed by atoms with Gasteiger partial charge in [0.15, 0.2) is 0 Å². The molecule has 32 heavy (non-hydrogen) atoms. The van der Waals surface area contributed by atoms with E-state index in [2.05, 4.69) is 23.0 Å². The molecule has 1 aromatic heterocycles. The Morgan fingerprint density at radius 3 is 2.28 bits per heavy atom. The molecule has 1 aromatic rings. The van der Waals surface area contributed by atoms with Crippen LogP contribution < -0.4 is 121 Å². The number of ether oxygens (including phenoxy) is 1. The monoisotopic (exact) mass is 548 g/mol. The minimum atomic E-state index is -6.03. The molecule has 1 aliphatic heterocycles. The van der Waals surface area contributed by atoms with Gasteiger partial charge in [-0.25, -0.2) is 19.3 Å². The summed E-state index contributed by atoms with van der Waals surface area (Å²) >= 11 is 0. The summed E-state index contributed by atoms with van der Waals surface area (Å²) in [5.41, 5.74) is 4.59. The molecule has 166 valence electrons. The van der Waals surface area contributed by atoms with E-state index in [1.165, 1.54) is 12.3 Å². The van der Waals surface area contributed by atoms with Crippen LogP contribution in [0.3, 0.4) is 0 Å². The molecule has 2 rings (SSSR count). The van der Waals surface area contributed by atoms with Crippen LogP contribution in [-0.2, 0) is 36.4 Å². The number of nitrogens with zero attached hydrogens (tertiary/aromatic N) is 2. The van der Waals surface area contributed by atoms with Crippen molar-refractivity contribution in [3.8, 4) is 0 Å². The molecule has 0 aromatic carbocycles. The maximum Gasteiger partial charge on any atom is 1.00 e. The third kappa shape index (κ3) is 11.8.